The summed E-state index contributed by atoms with van der Waals surface area (Å²) < 4.78 is 1.10. The molecule has 0 aliphatic rings. The zero-order valence-corrected chi connectivity index (χ0v) is 14.9. The van der Waals surface area contributed by atoms with E-state index in [1.165, 1.54) is 17.6 Å². The minimum absolute atomic E-state index is 0.462. The van der Waals surface area contributed by atoms with E-state index in [2.05, 4.69) is 78.9 Å². The summed E-state index contributed by atoms with van der Waals surface area (Å²) in [4.78, 5) is 2.31. The fourth-order valence-electron chi connectivity index (χ4n) is 2.56. The number of hydrogen-bond donors (Lipinski definition) is 1. The van der Waals surface area contributed by atoms with E-state index >= 15 is 0 Å². The number of halogens is 1. The van der Waals surface area contributed by atoms with Crippen LogP contribution in [0.1, 0.15) is 32.3 Å². The first-order chi connectivity index (χ1) is 9.40. The summed E-state index contributed by atoms with van der Waals surface area (Å²) in [5.41, 5.74) is 3.56. The van der Waals surface area contributed by atoms with E-state index in [0.717, 1.165) is 16.6 Å². The summed E-state index contributed by atoms with van der Waals surface area (Å²) in [5, 5.41) is 3.26. The molecule has 2 nitrogen and oxygen atoms in total. The third-order valence-electron chi connectivity index (χ3n) is 4.02. The van der Waals surface area contributed by atoms with Gasteiger partial charge in [0.1, 0.15) is 0 Å². The van der Waals surface area contributed by atoms with Crippen molar-refractivity contribution in [3.8, 4) is 0 Å². The Bertz CT molecular complexity index is 454. The van der Waals surface area contributed by atoms with E-state index < -0.39 is 0 Å². The molecule has 0 saturated heterocycles. The van der Waals surface area contributed by atoms with Crippen LogP contribution in [0.25, 0.3) is 5.57 Å². The number of anilines is 1. The fraction of sp³-hybridized carbons (Fsp3) is 0.529. The Morgan fingerprint density at radius 3 is 2.55 bits per heavy atom. The van der Waals surface area contributed by atoms with Crippen molar-refractivity contribution in [3.05, 3.63) is 34.8 Å². The van der Waals surface area contributed by atoms with Crippen molar-refractivity contribution in [2.45, 2.75) is 32.7 Å². The highest BCUT2D eigenvalue weighted by molar-refractivity contribution is 9.10. The molecule has 2 unspecified atom stereocenters. The van der Waals surface area contributed by atoms with Crippen molar-refractivity contribution in [2.75, 3.05) is 26.5 Å². The Kier molecular flexibility index (Phi) is 6.77. The summed E-state index contributed by atoms with van der Waals surface area (Å²) in [6.45, 7) is 8.86. The van der Waals surface area contributed by atoms with Crippen LogP contribution in [0.3, 0.4) is 0 Å². The molecule has 0 heterocycles. The van der Waals surface area contributed by atoms with Crippen LogP contribution in [-0.4, -0.2) is 32.1 Å². The van der Waals surface area contributed by atoms with Gasteiger partial charge in [0, 0.05) is 28.8 Å². The van der Waals surface area contributed by atoms with E-state index in [1.54, 1.807) is 0 Å². The van der Waals surface area contributed by atoms with Crippen LogP contribution < -0.4 is 5.32 Å². The molecule has 0 fully saturated rings. The number of nitrogens with one attached hydrogen (secondary N) is 1. The third-order valence-corrected chi connectivity index (χ3v) is 4.51. The molecular formula is C17H27BrN2. The molecule has 0 aromatic heterocycles. The lowest BCUT2D eigenvalue weighted by Gasteiger charge is -2.27. The van der Waals surface area contributed by atoms with Crippen molar-refractivity contribution < 1.29 is 0 Å². The van der Waals surface area contributed by atoms with Gasteiger partial charge in [0.15, 0.2) is 0 Å². The smallest absolute Gasteiger partial charge is 0.0414 e. The Balaban J connectivity index is 2.91. The second-order valence-electron chi connectivity index (χ2n) is 5.63. The van der Waals surface area contributed by atoms with Crippen LogP contribution in [-0.2, 0) is 0 Å². The molecule has 20 heavy (non-hydrogen) atoms. The van der Waals surface area contributed by atoms with Crippen molar-refractivity contribution in [2.24, 2.45) is 5.92 Å². The molecule has 3 heteroatoms. The van der Waals surface area contributed by atoms with E-state index in [9.17, 15) is 0 Å². The van der Waals surface area contributed by atoms with Gasteiger partial charge < -0.3 is 10.2 Å². The predicted octanol–water partition coefficient (Wildman–Crippen LogP) is 4.87. The molecule has 1 rings (SSSR count). The summed E-state index contributed by atoms with van der Waals surface area (Å²) in [7, 11) is 6.27. The maximum Gasteiger partial charge on any atom is 0.0414 e. The van der Waals surface area contributed by atoms with Gasteiger partial charge in [-0.3, -0.25) is 0 Å². The summed E-state index contributed by atoms with van der Waals surface area (Å²) in [5.74, 6) is 0.462. The topological polar surface area (TPSA) is 15.3 Å². The molecule has 0 radical (unpaired) electrons. The Labute approximate surface area is 132 Å². The number of rotatable bonds is 7. The first kappa shape index (κ1) is 17.3. The number of allylic oxidation sites excluding steroid dienone is 1. The van der Waals surface area contributed by atoms with Gasteiger partial charge in [-0.15, -0.1) is 0 Å². The van der Waals surface area contributed by atoms with Gasteiger partial charge in [0.05, 0.1) is 0 Å². The van der Waals surface area contributed by atoms with Crippen molar-refractivity contribution in [1.29, 1.82) is 0 Å². The molecule has 0 amide bonds. The van der Waals surface area contributed by atoms with Crippen LogP contribution in [0.5, 0.6) is 0 Å². The Morgan fingerprint density at radius 1 is 1.40 bits per heavy atom. The first-order valence-electron chi connectivity index (χ1n) is 7.23. The minimum atomic E-state index is 0.462. The lowest BCUT2D eigenvalue weighted by atomic mass is 9.88. The minimum Gasteiger partial charge on any atom is -0.388 e. The predicted molar refractivity (Wildman–Crippen MR) is 94.3 cm³/mol. The molecule has 1 aromatic rings. The molecule has 0 bridgehead atoms. The Morgan fingerprint density at radius 2 is 2.05 bits per heavy atom. The molecule has 1 N–H and O–H groups in total. The molecule has 0 saturated carbocycles. The van der Waals surface area contributed by atoms with Crippen molar-refractivity contribution in [1.82, 2.24) is 4.90 Å². The monoisotopic (exact) mass is 338 g/mol. The lowest BCUT2D eigenvalue weighted by Crippen LogP contribution is -2.29. The summed E-state index contributed by atoms with van der Waals surface area (Å²) >= 11 is 3.55. The molecule has 2 atom stereocenters. The molecule has 0 spiro atoms. The molecule has 1 aromatic carbocycles. The van der Waals surface area contributed by atoms with Gasteiger partial charge in [0.25, 0.3) is 0 Å². The van der Waals surface area contributed by atoms with Crippen LogP contribution in [0.15, 0.2) is 29.3 Å². The SMILES string of the molecule is C=C(c1cc(Br)ccc1NC)C(C)CC(CC)N(C)C. The Hall–Kier alpha value is -0.800. The molecule has 0 aliphatic heterocycles. The van der Waals surface area contributed by atoms with Crippen LogP contribution in [0, 0.1) is 5.92 Å². The van der Waals surface area contributed by atoms with Crippen molar-refractivity contribution in [3.63, 3.8) is 0 Å². The van der Waals surface area contributed by atoms with E-state index in [4.69, 9.17) is 0 Å². The molecule has 112 valence electrons. The maximum atomic E-state index is 4.34. The molecular weight excluding hydrogens is 312 g/mol. The van der Waals surface area contributed by atoms with Gasteiger partial charge in [-0.1, -0.05) is 36.4 Å². The zero-order valence-electron chi connectivity index (χ0n) is 13.3. The van der Waals surface area contributed by atoms with Crippen LogP contribution in [0.4, 0.5) is 5.69 Å². The maximum absolute atomic E-state index is 4.34. The van der Waals surface area contributed by atoms with Crippen molar-refractivity contribution >= 4 is 27.2 Å². The highest BCUT2D eigenvalue weighted by atomic mass is 79.9. The van der Waals surface area contributed by atoms with Gasteiger partial charge in [-0.05, 0) is 56.6 Å². The van der Waals surface area contributed by atoms with Gasteiger partial charge in [0.2, 0.25) is 0 Å². The first-order valence-corrected chi connectivity index (χ1v) is 8.02. The highest BCUT2D eigenvalue weighted by Crippen LogP contribution is 2.33. The van der Waals surface area contributed by atoms with Gasteiger partial charge >= 0.3 is 0 Å². The normalized spacial score (nSPS) is 14.2. The van der Waals surface area contributed by atoms with E-state index in [0.29, 0.717) is 12.0 Å². The highest BCUT2D eigenvalue weighted by Gasteiger charge is 2.18. The largest absolute Gasteiger partial charge is 0.388 e. The summed E-state index contributed by atoms with van der Waals surface area (Å²) in [6, 6.07) is 6.91. The quantitative estimate of drug-likeness (QED) is 0.762. The van der Waals surface area contributed by atoms with Gasteiger partial charge in [-0.25, -0.2) is 0 Å². The van der Waals surface area contributed by atoms with Crippen LogP contribution >= 0.6 is 15.9 Å². The number of hydrogen-bond acceptors (Lipinski definition) is 2. The number of benzene rings is 1. The lowest BCUT2D eigenvalue weighted by molar-refractivity contribution is 0.257. The van der Waals surface area contributed by atoms with Gasteiger partial charge in [-0.2, -0.15) is 0 Å². The second kappa shape index (κ2) is 7.84. The second-order valence-corrected chi connectivity index (χ2v) is 6.54. The van der Waals surface area contributed by atoms with Crippen LogP contribution in [0.2, 0.25) is 0 Å². The standard InChI is InChI=1S/C17H27BrN2/c1-7-15(20(5)6)10-12(2)13(3)16-11-14(18)8-9-17(16)19-4/h8-9,11-12,15,19H,3,7,10H2,1-2,4-6H3. The van der Waals surface area contributed by atoms with E-state index in [1.807, 2.05) is 7.05 Å². The third kappa shape index (κ3) is 4.35. The zero-order chi connectivity index (χ0) is 15.3. The fourth-order valence-corrected chi connectivity index (χ4v) is 2.92. The summed E-state index contributed by atoms with van der Waals surface area (Å²) in [6.07, 6.45) is 2.31. The average molecular weight is 339 g/mol. The van der Waals surface area contributed by atoms with E-state index in [-0.39, 0.29) is 0 Å². The average Bonchev–Trinajstić information content (AvgIpc) is 2.43. The number of nitrogens with zero attached hydrogens (tertiary/aromatic N) is 1. The molecule has 0 aliphatic carbocycles.